The van der Waals surface area contributed by atoms with Crippen LogP contribution in [0.5, 0.6) is 0 Å². The van der Waals surface area contributed by atoms with Crippen molar-refractivity contribution in [2.45, 2.75) is 33.0 Å². The molecule has 0 aromatic carbocycles. The molecule has 0 heterocycles. The van der Waals surface area contributed by atoms with Gasteiger partial charge in [0.1, 0.15) is 12.2 Å². The lowest BCUT2D eigenvalue weighted by Crippen LogP contribution is -2.17. The monoisotopic (exact) mass is 236 g/mol. The summed E-state index contributed by atoms with van der Waals surface area (Å²) in [5, 5.41) is 8.35. The van der Waals surface area contributed by atoms with E-state index in [4.69, 9.17) is 14.6 Å². The molecule has 0 rings (SSSR count). The maximum Gasteiger partial charge on any atom is 0.334 e. The first-order valence-electron chi connectivity index (χ1n) is 4.77. The second-order valence-corrected chi connectivity index (χ2v) is 3.07. The van der Waals surface area contributed by atoms with Crippen molar-refractivity contribution in [2.75, 3.05) is 20.8 Å². The van der Waals surface area contributed by atoms with Crippen molar-refractivity contribution in [1.82, 2.24) is 0 Å². The first kappa shape index (κ1) is 17.3. The molecule has 0 spiro atoms. The van der Waals surface area contributed by atoms with Crippen LogP contribution in [0.2, 0.25) is 0 Å². The molecule has 96 valence electrons. The Balaban J connectivity index is 0. The quantitative estimate of drug-likeness (QED) is 0.698. The number of aliphatic hydroxyl groups is 1. The molecule has 0 aliphatic heterocycles. The summed E-state index contributed by atoms with van der Waals surface area (Å²) in [7, 11) is 2.80. The summed E-state index contributed by atoms with van der Waals surface area (Å²) in [5.74, 6) is -0.862. The molecule has 1 N–H and O–H groups in total. The number of hydrogen-bond acceptors (Lipinski definition) is 6. The number of rotatable bonds is 4. The van der Waals surface area contributed by atoms with E-state index >= 15 is 0 Å². The number of ether oxygens (including phenoxy) is 3. The molecule has 2 unspecified atom stereocenters. The molecule has 0 fully saturated rings. The van der Waals surface area contributed by atoms with Crippen LogP contribution in [0.4, 0.5) is 0 Å². The molecule has 0 aromatic rings. The number of aliphatic hydroxyl groups excluding tert-OH is 1. The average molecular weight is 236 g/mol. The van der Waals surface area contributed by atoms with Crippen molar-refractivity contribution < 1.29 is 28.9 Å². The third-order valence-corrected chi connectivity index (χ3v) is 1.31. The van der Waals surface area contributed by atoms with Gasteiger partial charge < -0.3 is 19.3 Å². The average Bonchev–Trinajstić information content (AvgIpc) is 2.16. The first-order chi connectivity index (χ1) is 7.34. The van der Waals surface area contributed by atoms with Crippen molar-refractivity contribution in [3.8, 4) is 0 Å². The summed E-state index contributed by atoms with van der Waals surface area (Å²) in [6, 6.07) is 0. The second kappa shape index (κ2) is 10.4. The predicted molar refractivity (Wildman–Crippen MR) is 56.8 cm³/mol. The van der Waals surface area contributed by atoms with Gasteiger partial charge in [0.15, 0.2) is 0 Å². The molecule has 6 nitrogen and oxygen atoms in total. The SMILES string of the molecule is COC(=O)C(C)O.COCC(C)OC(C)=O. The van der Waals surface area contributed by atoms with Gasteiger partial charge in [-0.1, -0.05) is 0 Å². The molecule has 0 saturated carbocycles. The van der Waals surface area contributed by atoms with Crippen LogP contribution >= 0.6 is 0 Å². The summed E-state index contributed by atoms with van der Waals surface area (Å²) >= 11 is 0. The van der Waals surface area contributed by atoms with Crippen LogP contribution in [0, 0.1) is 0 Å². The van der Waals surface area contributed by atoms with E-state index in [0.29, 0.717) is 6.61 Å². The van der Waals surface area contributed by atoms with Gasteiger partial charge >= 0.3 is 11.9 Å². The molecule has 16 heavy (non-hydrogen) atoms. The van der Waals surface area contributed by atoms with Crippen LogP contribution < -0.4 is 0 Å². The van der Waals surface area contributed by atoms with Crippen molar-refractivity contribution >= 4 is 11.9 Å². The smallest absolute Gasteiger partial charge is 0.334 e. The Hall–Kier alpha value is -1.14. The highest BCUT2D eigenvalue weighted by Gasteiger charge is 2.05. The molecule has 2 atom stereocenters. The Morgan fingerprint density at radius 1 is 1.25 bits per heavy atom. The van der Waals surface area contributed by atoms with Gasteiger partial charge in [-0.3, -0.25) is 4.79 Å². The highest BCUT2D eigenvalue weighted by molar-refractivity contribution is 5.73. The molecule has 6 heteroatoms. The Labute approximate surface area is 95.5 Å². The van der Waals surface area contributed by atoms with Gasteiger partial charge in [0.2, 0.25) is 0 Å². The number of esters is 2. The lowest BCUT2D eigenvalue weighted by molar-refractivity contribution is -0.149. The van der Waals surface area contributed by atoms with Crippen molar-refractivity contribution in [1.29, 1.82) is 0 Å². The summed E-state index contributed by atoms with van der Waals surface area (Å²) in [6.45, 7) is 4.97. The Morgan fingerprint density at radius 2 is 1.75 bits per heavy atom. The standard InChI is InChI=1S/C6H12O3.C4H8O3/c1-5(4-8-3)9-6(2)7;1-3(5)4(6)7-2/h5H,4H2,1-3H3;3,5H,1-2H3. The van der Waals surface area contributed by atoms with Crippen LogP contribution in [0.3, 0.4) is 0 Å². The lowest BCUT2D eigenvalue weighted by Gasteiger charge is -2.08. The third kappa shape index (κ3) is 12.9. The van der Waals surface area contributed by atoms with E-state index in [2.05, 4.69) is 4.74 Å². The highest BCUT2D eigenvalue weighted by Crippen LogP contribution is 1.90. The van der Waals surface area contributed by atoms with Gasteiger partial charge in [-0.05, 0) is 13.8 Å². The van der Waals surface area contributed by atoms with E-state index in [0.717, 1.165) is 0 Å². The van der Waals surface area contributed by atoms with Crippen LogP contribution in [-0.4, -0.2) is 50.1 Å². The summed E-state index contributed by atoms with van der Waals surface area (Å²) in [4.78, 5) is 20.3. The largest absolute Gasteiger partial charge is 0.467 e. The number of carbonyl (C=O) groups excluding carboxylic acids is 2. The number of hydrogen-bond donors (Lipinski definition) is 1. The fourth-order valence-corrected chi connectivity index (χ4v) is 0.723. The minimum Gasteiger partial charge on any atom is -0.467 e. The molecule has 0 radical (unpaired) electrons. The second-order valence-electron chi connectivity index (χ2n) is 3.07. The van der Waals surface area contributed by atoms with Crippen LogP contribution in [0.1, 0.15) is 20.8 Å². The van der Waals surface area contributed by atoms with E-state index in [9.17, 15) is 9.59 Å². The summed E-state index contributed by atoms with van der Waals surface area (Å²) < 4.78 is 13.6. The van der Waals surface area contributed by atoms with E-state index in [1.165, 1.54) is 21.0 Å². The van der Waals surface area contributed by atoms with Crippen LogP contribution in [0.25, 0.3) is 0 Å². The molecule has 0 bridgehead atoms. The summed E-state index contributed by atoms with van der Waals surface area (Å²) in [5.41, 5.74) is 0. The van der Waals surface area contributed by atoms with Crippen molar-refractivity contribution in [2.24, 2.45) is 0 Å². The van der Waals surface area contributed by atoms with Crippen molar-refractivity contribution in [3.63, 3.8) is 0 Å². The lowest BCUT2D eigenvalue weighted by atomic mass is 10.4. The van der Waals surface area contributed by atoms with Crippen molar-refractivity contribution in [3.05, 3.63) is 0 Å². The molecule has 0 aromatic heterocycles. The van der Waals surface area contributed by atoms with E-state index in [-0.39, 0.29) is 12.1 Å². The molecular weight excluding hydrogens is 216 g/mol. The number of methoxy groups -OCH3 is 2. The Bertz CT molecular complexity index is 201. The fraction of sp³-hybridized carbons (Fsp3) is 0.800. The predicted octanol–water partition coefficient (Wildman–Crippen LogP) is 0.125. The maximum atomic E-state index is 10.3. The van der Waals surface area contributed by atoms with Gasteiger partial charge in [0.05, 0.1) is 13.7 Å². The first-order valence-corrected chi connectivity index (χ1v) is 4.77. The Morgan fingerprint density at radius 3 is 1.94 bits per heavy atom. The molecular formula is C10H20O6. The van der Waals surface area contributed by atoms with Crippen LogP contribution in [0.15, 0.2) is 0 Å². The molecule has 0 saturated heterocycles. The van der Waals surface area contributed by atoms with E-state index in [1.807, 2.05) is 0 Å². The minimum absolute atomic E-state index is 0.132. The normalized spacial score (nSPS) is 12.9. The zero-order chi connectivity index (χ0) is 13.1. The zero-order valence-corrected chi connectivity index (χ0v) is 10.4. The Kier molecular flexibility index (Phi) is 11.2. The fourth-order valence-electron chi connectivity index (χ4n) is 0.723. The molecule has 0 aliphatic rings. The van der Waals surface area contributed by atoms with E-state index in [1.54, 1.807) is 14.0 Å². The van der Waals surface area contributed by atoms with Gasteiger partial charge in [-0.25, -0.2) is 4.79 Å². The zero-order valence-electron chi connectivity index (χ0n) is 10.4. The van der Waals surface area contributed by atoms with Gasteiger partial charge in [0.25, 0.3) is 0 Å². The highest BCUT2D eigenvalue weighted by atomic mass is 16.6. The van der Waals surface area contributed by atoms with Gasteiger partial charge in [0, 0.05) is 14.0 Å². The molecule has 0 aliphatic carbocycles. The van der Waals surface area contributed by atoms with E-state index < -0.39 is 12.1 Å². The van der Waals surface area contributed by atoms with Crippen LogP contribution in [-0.2, 0) is 23.8 Å². The molecule has 0 amide bonds. The number of carbonyl (C=O) groups is 2. The minimum atomic E-state index is -0.995. The topological polar surface area (TPSA) is 82.1 Å². The third-order valence-electron chi connectivity index (χ3n) is 1.31. The van der Waals surface area contributed by atoms with Gasteiger partial charge in [-0.15, -0.1) is 0 Å². The summed E-state index contributed by atoms with van der Waals surface area (Å²) in [6.07, 6.45) is -1.13. The maximum absolute atomic E-state index is 10.3. The van der Waals surface area contributed by atoms with Gasteiger partial charge in [-0.2, -0.15) is 0 Å².